The Kier molecular flexibility index (Phi) is 22.4. The van der Waals surface area contributed by atoms with Crippen LogP contribution in [0.15, 0.2) is 0 Å². The maximum absolute atomic E-state index is 7.33. The molecule has 0 aromatic heterocycles. The van der Waals surface area contributed by atoms with Gasteiger partial charge in [0.15, 0.2) is 0 Å². The van der Waals surface area contributed by atoms with Crippen LogP contribution in [0.4, 0.5) is 0 Å². The van der Waals surface area contributed by atoms with Gasteiger partial charge in [-0.15, -0.1) is 0 Å². The van der Waals surface area contributed by atoms with Gasteiger partial charge in [0.2, 0.25) is 0 Å². The van der Waals surface area contributed by atoms with Crippen LogP contribution in [0.5, 0.6) is 0 Å². The summed E-state index contributed by atoms with van der Waals surface area (Å²) in [5.74, 6) is 0. The maximum atomic E-state index is 7.33. The van der Waals surface area contributed by atoms with E-state index in [0.717, 1.165) is 0 Å². The van der Waals surface area contributed by atoms with Gasteiger partial charge >= 0.3 is 9.05 Å². The summed E-state index contributed by atoms with van der Waals surface area (Å²) < 4.78 is 0. The van der Waals surface area contributed by atoms with E-state index >= 15 is 0 Å². The van der Waals surface area contributed by atoms with Crippen molar-refractivity contribution in [2.45, 2.75) is 7.43 Å². The molecule has 0 aromatic carbocycles. The van der Waals surface area contributed by atoms with Crippen molar-refractivity contribution in [3.05, 3.63) is 0 Å². The molecular weight excluding hydrogens is 171 g/mol. The van der Waals surface area contributed by atoms with E-state index < -0.39 is 9.05 Å². The predicted octanol–water partition coefficient (Wildman–Crippen LogP) is -3.16. The van der Waals surface area contributed by atoms with Gasteiger partial charge in [0.05, 0.1) is 8.41 Å². The van der Waals surface area contributed by atoms with E-state index in [0.29, 0.717) is 0 Å². The Bertz CT molecular complexity index is 31.5. The van der Waals surface area contributed by atoms with Crippen LogP contribution in [-0.4, -0.2) is 36.6 Å². The molecule has 0 fully saturated rings. The monoisotopic (exact) mass is 182 g/mol. The summed E-state index contributed by atoms with van der Waals surface area (Å²) in [4.78, 5) is 29.3. The number of hydrogen-bond donors (Lipinski definition) is 4. The van der Waals surface area contributed by atoms with Gasteiger partial charge < -0.3 is 19.2 Å². The summed E-state index contributed by atoms with van der Waals surface area (Å²) in [6.45, 7) is 0. The molecule has 0 aliphatic rings. The van der Waals surface area contributed by atoms with Gasteiger partial charge in [-0.25, -0.2) is 0 Å². The predicted molar refractivity (Wildman–Crippen MR) is 31.3 cm³/mol. The summed E-state index contributed by atoms with van der Waals surface area (Å²) >= 11 is 0. The van der Waals surface area contributed by atoms with Crippen LogP contribution in [0.2, 0.25) is 0 Å². The standard InChI is InChI=1S/CH4.BH3.Fe.H4O4Si/c;;;1-5(2,3)4/h1H4;1H3;;1-4H. The summed E-state index contributed by atoms with van der Waals surface area (Å²) in [6.07, 6.45) is 0. The summed E-state index contributed by atoms with van der Waals surface area (Å²) in [6, 6.07) is 0. The average Bonchev–Trinajstić information content (AvgIpc) is 0.722. The molecule has 4 nitrogen and oxygen atoms in total. The van der Waals surface area contributed by atoms with Crippen molar-refractivity contribution in [3.63, 3.8) is 0 Å². The zero-order valence-electron chi connectivity index (χ0n) is 2.64. The Balaban J connectivity index is -0.0000000267. The molecule has 0 saturated heterocycles. The molecule has 0 unspecified atom stereocenters. The van der Waals surface area contributed by atoms with Gasteiger partial charge in [-0.1, -0.05) is 7.43 Å². The second kappa shape index (κ2) is 7.64. The van der Waals surface area contributed by atoms with Crippen LogP contribution < -0.4 is 0 Å². The fourth-order valence-corrected chi connectivity index (χ4v) is 0. The van der Waals surface area contributed by atoms with E-state index in [1.54, 1.807) is 0 Å². The summed E-state index contributed by atoms with van der Waals surface area (Å²) in [7, 11) is -4.61. The largest absolute Gasteiger partial charge is 0.668 e. The molecule has 0 amide bonds. The minimum Gasteiger partial charge on any atom is -0.368 e. The summed E-state index contributed by atoms with van der Waals surface area (Å²) in [5, 5.41) is 0. The van der Waals surface area contributed by atoms with Crippen molar-refractivity contribution < 1.29 is 36.3 Å². The zero-order chi connectivity index (χ0) is 4.50. The minimum atomic E-state index is -4.61. The first-order chi connectivity index (χ1) is 2.00. The Morgan fingerprint density at radius 3 is 0.875 bits per heavy atom. The van der Waals surface area contributed by atoms with Gasteiger partial charge in [0, 0.05) is 17.1 Å². The van der Waals surface area contributed by atoms with E-state index in [2.05, 4.69) is 0 Å². The van der Waals surface area contributed by atoms with Crippen LogP contribution in [0.1, 0.15) is 7.43 Å². The first kappa shape index (κ1) is 23.4. The zero-order valence-corrected chi connectivity index (χ0v) is 4.75. The van der Waals surface area contributed by atoms with Gasteiger partial charge in [0.1, 0.15) is 0 Å². The van der Waals surface area contributed by atoms with Gasteiger partial charge in [-0.05, 0) is 0 Å². The average molecular weight is 182 g/mol. The number of hydrogen-bond acceptors (Lipinski definition) is 4. The third-order valence-corrected chi connectivity index (χ3v) is 0. The molecule has 4 N–H and O–H groups in total. The first-order valence-corrected chi connectivity index (χ1v) is 2.68. The van der Waals surface area contributed by atoms with E-state index in [1.165, 1.54) is 0 Å². The Labute approximate surface area is 61.7 Å². The van der Waals surface area contributed by atoms with Crippen molar-refractivity contribution in [1.82, 2.24) is 0 Å². The van der Waals surface area contributed by atoms with E-state index in [9.17, 15) is 0 Å². The smallest absolute Gasteiger partial charge is 0.368 e. The van der Waals surface area contributed by atoms with Crippen molar-refractivity contribution in [2.75, 3.05) is 0 Å². The molecule has 0 saturated carbocycles. The van der Waals surface area contributed by atoms with Crippen molar-refractivity contribution in [3.8, 4) is 0 Å². The molecule has 0 heterocycles. The molecule has 54 valence electrons. The van der Waals surface area contributed by atoms with Crippen molar-refractivity contribution in [1.29, 1.82) is 0 Å². The van der Waals surface area contributed by atoms with E-state index in [-0.39, 0.29) is 32.9 Å². The second-order valence-electron chi connectivity index (χ2n) is 0.600. The first-order valence-electron chi connectivity index (χ1n) is 0.894. The van der Waals surface area contributed by atoms with Gasteiger partial charge in [-0.3, -0.25) is 0 Å². The third-order valence-electron chi connectivity index (χ3n) is 0. The molecule has 0 bridgehead atoms. The Morgan fingerprint density at radius 1 is 0.875 bits per heavy atom. The van der Waals surface area contributed by atoms with Crippen LogP contribution in [-0.2, 0) is 17.1 Å². The Morgan fingerprint density at radius 2 is 0.875 bits per heavy atom. The van der Waals surface area contributed by atoms with Crippen molar-refractivity contribution in [2.24, 2.45) is 0 Å². The minimum absolute atomic E-state index is 0. The summed E-state index contributed by atoms with van der Waals surface area (Å²) in [5.41, 5.74) is 0. The van der Waals surface area contributed by atoms with Crippen LogP contribution >= 0.6 is 0 Å². The van der Waals surface area contributed by atoms with Crippen LogP contribution in [0.25, 0.3) is 0 Å². The quantitative estimate of drug-likeness (QED) is 0.298. The molecule has 0 radical (unpaired) electrons. The molecule has 0 rings (SSSR count). The topological polar surface area (TPSA) is 80.9 Å². The molecule has 0 atom stereocenters. The molecule has 0 spiro atoms. The molecule has 8 heavy (non-hydrogen) atoms. The van der Waals surface area contributed by atoms with Crippen LogP contribution in [0, 0.1) is 0 Å². The van der Waals surface area contributed by atoms with Crippen LogP contribution in [0.3, 0.4) is 0 Å². The van der Waals surface area contributed by atoms with E-state index in [1.807, 2.05) is 0 Å². The Hall–Kier alpha value is 0.641. The molecule has 0 aromatic rings. The second-order valence-corrected chi connectivity index (χ2v) is 1.80. The SMILES string of the molecule is B.C.O[Si](O)(O)O.[Fe]. The molecule has 7 heteroatoms. The maximum Gasteiger partial charge on any atom is 0.668 e. The van der Waals surface area contributed by atoms with E-state index in [4.69, 9.17) is 19.2 Å². The molecular formula is CH11BFeO4Si. The van der Waals surface area contributed by atoms with Gasteiger partial charge in [0.25, 0.3) is 0 Å². The fraction of sp³-hybridized carbons (Fsp3) is 1.00. The van der Waals surface area contributed by atoms with Crippen molar-refractivity contribution >= 4 is 17.5 Å². The molecule has 0 aliphatic heterocycles. The normalized spacial score (nSPS) is 7.50. The fourth-order valence-electron chi connectivity index (χ4n) is 0. The van der Waals surface area contributed by atoms with Gasteiger partial charge in [-0.2, -0.15) is 0 Å². The molecule has 0 aliphatic carbocycles. The third kappa shape index (κ3) is 514. The number of rotatable bonds is 0.